The van der Waals surface area contributed by atoms with Crippen LogP contribution in [0.25, 0.3) is 33.5 Å². The fourth-order valence-corrected chi connectivity index (χ4v) is 4.06. The molecule has 0 radical (unpaired) electrons. The predicted octanol–water partition coefficient (Wildman–Crippen LogP) is 5.99. The van der Waals surface area contributed by atoms with E-state index in [9.17, 15) is 0 Å². The zero-order chi connectivity index (χ0) is 26.5. The molecule has 7 heteroatoms. The maximum atomic E-state index is 5.98. The van der Waals surface area contributed by atoms with E-state index >= 15 is 0 Å². The summed E-state index contributed by atoms with van der Waals surface area (Å²) in [5.41, 5.74) is 4.16. The van der Waals surface area contributed by atoms with Gasteiger partial charge in [-0.15, -0.1) is 0 Å². The maximum Gasteiger partial charge on any atom is 0.123 e. The molecule has 0 aliphatic rings. The molecule has 2 aromatic carbocycles. The van der Waals surface area contributed by atoms with E-state index < -0.39 is 0 Å². The van der Waals surface area contributed by atoms with E-state index in [1.165, 1.54) is 10.8 Å². The molecule has 5 rings (SSSR count). The van der Waals surface area contributed by atoms with E-state index in [0.717, 1.165) is 28.3 Å². The second kappa shape index (κ2) is 14.1. The number of ether oxygens (including phenoxy) is 4. The van der Waals surface area contributed by atoms with Crippen LogP contribution in [0.4, 0.5) is 0 Å². The lowest BCUT2D eigenvalue weighted by atomic mass is 10.1. The lowest BCUT2D eigenvalue weighted by Gasteiger charge is -2.11. The highest BCUT2D eigenvalue weighted by Gasteiger charge is 2.09. The Bertz CT molecular complexity index is 1390. The molecule has 3 heterocycles. The van der Waals surface area contributed by atoms with Crippen molar-refractivity contribution in [3.63, 3.8) is 0 Å². The predicted molar refractivity (Wildman–Crippen MR) is 151 cm³/mol. The van der Waals surface area contributed by atoms with Crippen LogP contribution in [0.15, 0.2) is 103 Å². The van der Waals surface area contributed by atoms with Crippen molar-refractivity contribution < 1.29 is 18.9 Å². The third-order valence-electron chi connectivity index (χ3n) is 5.98. The molecule has 0 fully saturated rings. The summed E-state index contributed by atoms with van der Waals surface area (Å²) in [6, 6.07) is 30.0. The highest BCUT2D eigenvalue weighted by atomic mass is 16.6. The van der Waals surface area contributed by atoms with Crippen LogP contribution in [0.3, 0.4) is 0 Å². The topological polar surface area (TPSA) is 75.6 Å². The second-order valence-corrected chi connectivity index (χ2v) is 8.81. The molecule has 0 bridgehead atoms. The quantitative estimate of drug-likeness (QED) is 0.166. The summed E-state index contributed by atoms with van der Waals surface area (Å²) >= 11 is 0. The summed E-state index contributed by atoms with van der Waals surface area (Å²) in [4.78, 5) is 13.6. The molecule has 0 aliphatic carbocycles. The first-order chi connectivity index (χ1) is 19.3. The number of hydrogen-bond acceptors (Lipinski definition) is 7. The van der Waals surface area contributed by atoms with Crippen LogP contribution in [-0.2, 0) is 20.8 Å². The van der Waals surface area contributed by atoms with Crippen molar-refractivity contribution in [1.29, 1.82) is 0 Å². The smallest absolute Gasteiger partial charge is 0.123 e. The molecule has 0 spiro atoms. The number of fused-ring (bicyclic) bond motifs is 1. The monoisotopic (exact) mass is 521 g/mol. The average Bonchev–Trinajstić information content (AvgIpc) is 3.00. The van der Waals surface area contributed by atoms with E-state index in [2.05, 4.69) is 40.3 Å². The van der Waals surface area contributed by atoms with Gasteiger partial charge < -0.3 is 18.9 Å². The number of pyridine rings is 3. The molecule has 39 heavy (non-hydrogen) atoms. The van der Waals surface area contributed by atoms with Crippen LogP contribution in [0.1, 0.15) is 5.56 Å². The van der Waals surface area contributed by atoms with Gasteiger partial charge in [0, 0.05) is 24.5 Å². The SMILES string of the molecule is c1ccc(-c2cc(OCCOCCOCCOCc3ccc4ccccc4c3)cc(-c3ccccn3)n2)nc1. The zero-order valence-corrected chi connectivity index (χ0v) is 21.7. The molecule has 7 nitrogen and oxygen atoms in total. The Kier molecular flexibility index (Phi) is 9.57. The molecular formula is C32H31N3O4. The highest BCUT2D eigenvalue weighted by molar-refractivity contribution is 5.82. The third kappa shape index (κ3) is 7.91. The zero-order valence-electron chi connectivity index (χ0n) is 21.7. The maximum absolute atomic E-state index is 5.98. The Morgan fingerprint density at radius 2 is 1.08 bits per heavy atom. The Morgan fingerprint density at radius 1 is 0.487 bits per heavy atom. The number of aromatic nitrogens is 3. The third-order valence-corrected chi connectivity index (χ3v) is 5.98. The fourth-order valence-electron chi connectivity index (χ4n) is 4.06. The van der Waals surface area contributed by atoms with Gasteiger partial charge in [0.2, 0.25) is 0 Å². The van der Waals surface area contributed by atoms with Crippen LogP contribution in [0, 0.1) is 0 Å². The molecule has 5 aromatic rings. The summed E-state index contributed by atoms with van der Waals surface area (Å²) in [6.07, 6.45) is 3.50. The first-order valence-electron chi connectivity index (χ1n) is 13.0. The summed E-state index contributed by atoms with van der Waals surface area (Å²) in [6.45, 7) is 3.47. The lowest BCUT2D eigenvalue weighted by Crippen LogP contribution is -2.13. The molecule has 3 aromatic heterocycles. The normalized spacial score (nSPS) is 11.1. The van der Waals surface area contributed by atoms with Crippen molar-refractivity contribution in [2.24, 2.45) is 0 Å². The van der Waals surface area contributed by atoms with E-state index in [1.807, 2.05) is 60.7 Å². The van der Waals surface area contributed by atoms with Gasteiger partial charge in [0.25, 0.3) is 0 Å². The van der Waals surface area contributed by atoms with Crippen LogP contribution in [-0.4, -0.2) is 54.6 Å². The Balaban J connectivity index is 0.997. The van der Waals surface area contributed by atoms with Crippen LogP contribution < -0.4 is 4.74 Å². The van der Waals surface area contributed by atoms with Crippen LogP contribution >= 0.6 is 0 Å². The van der Waals surface area contributed by atoms with Crippen molar-refractivity contribution in [3.05, 3.63) is 109 Å². The number of benzene rings is 2. The van der Waals surface area contributed by atoms with Gasteiger partial charge >= 0.3 is 0 Å². The molecular weight excluding hydrogens is 490 g/mol. The Labute approximate surface area is 228 Å². The van der Waals surface area contributed by atoms with Gasteiger partial charge in [-0.2, -0.15) is 0 Å². The molecule has 0 saturated heterocycles. The van der Waals surface area contributed by atoms with Crippen LogP contribution in [0.5, 0.6) is 5.75 Å². The number of hydrogen-bond donors (Lipinski definition) is 0. The molecule has 0 unspecified atom stereocenters. The van der Waals surface area contributed by atoms with Gasteiger partial charge in [0.15, 0.2) is 0 Å². The minimum atomic E-state index is 0.405. The summed E-state index contributed by atoms with van der Waals surface area (Å²) in [5.74, 6) is 0.690. The largest absolute Gasteiger partial charge is 0.491 e. The summed E-state index contributed by atoms with van der Waals surface area (Å²) < 4.78 is 23.0. The highest BCUT2D eigenvalue weighted by Crippen LogP contribution is 2.26. The van der Waals surface area contributed by atoms with Gasteiger partial charge in [0.05, 0.1) is 62.4 Å². The fraction of sp³-hybridized carbons (Fsp3) is 0.219. The van der Waals surface area contributed by atoms with E-state index in [4.69, 9.17) is 23.9 Å². The van der Waals surface area contributed by atoms with Crippen molar-refractivity contribution in [2.45, 2.75) is 6.61 Å². The number of rotatable bonds is 14. The lowest BCUT2D eigenvalue weighted by molar-refractivity contribution is 0.00598. The van der Waals surface area contributed by atoms with Crippen LogP contribution in [0.2, 0.25) is 0 Å². The molecule has 0 atom stereocenters. The van der Waals surface area contributed by atoms with E-state index in [1.54, 1.807) is 12.4 Å². The second-order valence-electron chi connectivity index (χ2n) is 8.81. The molecule has 198 valence electrons. The Hall–Kier alpha value is -4.17. The van der Waals surface area contributed by atoms with E-state index in [-0.39, 0.29) is 0 Å². The minimum absolute atomic E-state index is 0.405. The minimum Gasteiger partial charge on any atom is -0.491 e. The van der Waals surface area contributed by atoms with Crippen molar-refractivity contribution >= 4 is 10.8 Å². The van der Waals surface area contributed by atoms with Gasteiger partial charge in [-0.25, -0.2) is 4.98 Å². The van der Waals surface area contributed by atoms with Crippen molar-refractivity contribution in [2.75, 3.05) is 39.6 Å². The molecule has 0 amide bonds. The van der Waals surface area contributed by atoms with Gasteiger partial charge in [0.1, 0.15) is 12.4 Å². The molecule has 0 saturated carbocycles. The average molecular weight is 522 g/mol. The molecule has 0 N–H and O–H groups in total. The summed E-state index contributed by atoms with van der Waals surface area (Å²) in [7, 11) is 0. The van der Waals surface area contributed by atoms with Crippen molar-refractivity contribution in [1.82, 2.24) is 15.0 Å². The first-order valence-corrected chi connectivity index (χ1v) is 13.0. The van der Waals surface area contributed by atoms with Gasteiger partial charge in [-0.3, -0.25) is 9.97 Å². The standard InChI is InChI=1S/C32H31N3O4/c1-2-8-27-21-25(11-12-26(27)7-1)24-38-18-17-36-15-16-37-19-20-39-28-22-31(29-9-3-5-13-33-29)35-32(23-28)30-10-4-6-14-34-30/h1-14,21-23H,15-20,24H2. The first kappa shape index (κ1) is 26.4. The van der Waals surface area contributed by atoms with Gasteiger partial charge in [-0.1, -0.05) is 48.5 Å². The van der Waals surface area contributed by atoms with Crippen molar-refractivity contribution in [3.8, 4) is 28.5 Å². The Morgan fingerprint density at radius 3 is 1.72 bits per heavy atom. The molecule has 0 aliphatic heterocycles. The van der Waals surface area contributed by atoms with Gasteiger partial charge in [-0.05, 0) is 46.7 Å². The van der Waals surface area contributed by atoms with E-state index in [0.29, 0.717) is 52.0 Å². The number of nitrogens with zero attached hydrogens (tertiary/aromatic N) is 3. The summed E-state index contributed by atoms with van der Waals surface area (Å²) in [5, 5.41) is 2.46.